The Hall–Kier alpha value is -2.84. The average Bonchev–Trinajstić information content (AvgIpc) is 2.98. The summed E-state index contributed by atoms with van der Waals surface area (Å²) in [7, 11) is -8.93. The molecule has 0 bridgehead atoms. The molecule has 0 aromatic heterocycles. The molecule has 45 heavy (non-hydrogen) atoms. The summed E-state index contributed by atoms with van der Waals surface area (Å²) in [5.41, 5.74) is 2.33. The number of nitrogens with one attached hydrogen (secondary N) is 3. The number of carbonyl (C=O) groups excluding carboxylic acids is 2. The number of hydrogen-bond acceptors (Lipinski definition) is 9. The van der Waals surface area contributed by atoms with E-state index in [2.05, 4.69) is 25.8 Å². The molecular weight excluding hydrogens is 628 g/mol. The number of aryl methyl sites for hydroxylation is 2. The van der Waals surface area contributed by atoms with Crippen LogP contribution in [0.5, 0.6) is 11.5 Å². The number of amides is 2. The van der Waals surface area contributed by atoms with Gasteiger partial charge in [-0.25, -0.2) is 0 Å². The fraction of sp³-hybridized carbons (Fsp3) is 0.500. The molecule has 250 valence electrons. The molecule has 2 aromatic carbocycles. The van der Waals surface area contributed by atoms with Gasteiger partial charge in [-0.05, 0) is 76.1 Å². The zero-order chi connectivity index (χ0) is 33.4. The molecule has 0 unspecified atom stereocenters. The summed E-state index contributed by atoms with van der Waals surface area (Å²) in [6, 6.07) is 6.48. The molecule has 1 fully saturated rings. The predicted molar refractivity (Wildman–Crippen MR) is 167 cm³/mol. The lowest BCUT2D eigenvalue weighted by Crippen LogP contribution is -2.33. The van der Waals surface area contributed by atoms with Crippen molar-refractivity contribution >= 4 is 27.0 Å². The number of aromatic hydroxyl groups is 2. The molecule has 1 saturated heterocycles. The van der Waals surface area contributed by atoms with E-state index in [1.807, 2.05) is 0 Å². The van der Waals surface area contributed by atoms with Crippen molar-refractivity contribution in [3.8, 4) is 11.5 Å². The number of rotatable bonds is 10. The summed E-state index contributed by atoms with van der Waals surface area (Å²) in [4.78, 5) is 65.8. The second-order valence-electron chi connectivity index (χ2n) is 11.3. The van der Waals surface area contributed by atoms with Gasteiger partial charge in [-0.2, -0.15) is 0 Å². The van der Waals surface area contributed by atoms with Crippen molar-refractivity contribution in [2.75, 3.05) is 51.8 Å². The van der Waals surface area contributed by atoms with Gasteiger partial charge >= 0.3 is 15.2 Å². The highest BCUT2D eigenvalue weighted by Crippen LogP contribution is 2.34. The normalized spacial score (nSPS) is 16.1. The second kappa shape index (κ2) is 16.1. The summed E-state index contributed by atoms with van der Waals surface area (Å²) in [5, 5.41) is 29.6. The van der Waals surface area contributed by atoms with Crippen LogP contribution in [0.2, 0.25) is 0 Å². The van der Waals surface area contributed by atoms with Crippen molar-refractivity contribution < 1.29 is 48.5 Å². The number of carbonyl (C=O) groups is 2. The molecule has 0 spiro atoms. The Morgan fingerprint density at radius 1 is 0.711 bits per heavy atom. The zero-order valence-corrected chi connectivity index (χ0v) is 27.2. The largest absolute Gasteiger partial charge is 0.507 e. The Morgan fingerprint density at radius 2 is 1.13 bits per heavy atom. The molecule has 2 aromatic rings. The molecule has 0 saturated carbocycles. The molecule has 15 nitrogen and oxygen atoms in total. The van der Waals surface area contributed by atoms with Crippen LogP contribution in [0.25, 0.3) is 0 Å². The molecule has 2 amide bonds. The molecule has 1 aliphatic heterocycles. The van der Waals surface area contributed by atoms with E-state index in [9.17, 15) is 28.9 Å². The van der Waals surface area contributed by atoms with Gasteiger partial charge in [-0.15, -0.1) is 0 Å². The maximum absolute atomic E-state index is 12.6. The summed E-state index contributed by atoms with van der Waals surface area (Å²) in [6.07, 6.45) is -0.123. The van der Waals surface area contributed by atoms with Gasteiger partial charge in [-0.1, -0.05) is 12.1 Å². The van der Waals surface area contributed by atoms with Crippen LogP contribution in [0.1, 0.15) is 55.8 Å². The van der Waals surface area contributed by atoms with Crippen molar-refractivity contribution in [1.29, 1.82) is 0 Å². The first-order valence-electron chi connectivity index (χ1n) is 14.5. The number of nitrogens with zero attached hydrogens (tertiary/aromatic N) is 2. The fourth-order valence-electron chi connectivity index (χ4n) is 5.16. The third-order valence-electron chi connectivity index (χ3n) is 7.22. The number of phenols is 2. The Bertz CT molecular complexity index is 1350. The van der Waals surface area contributed by atoms with E-state index in [0.29, 0.717) is 68.1 Å². The van der Waals surface area contributed by atoms with Crippen LogP contribution in [0, 0.1) is 13.8 Å². The van der Waals surface area contributed by atoms with Crippen LogP contribution in [-0.4, -0.2) is 103 Å². The van der Waals surface area contributed by atoms with Crippen LogP contribution in [0.3, 0.4) is 0 Å². The van der Waals surface area contributed by atoms with Crippen LogP contribution in [0.4, 0.5) is 0 Å². The predicted octanol–water partition coefficient (Wildman–Crippen LogP) is 1.13. The highest BCUT2D eigenvalue weighted by atomic mass is 31.2. The first-order chi connectivity index (χ1) is 21.0. The number of hydrogen-bond donors (Lipinski definition) is 9. The number of benzene rings is 2. The van der Waals surface area contributed by atoms with Gasteiger partial charge in [0.05, 0.1) is 11.1 Å². The van der Waals surface area contributed by atoms with E-state index < -0.39 is 39.6 Å². The Labute approximate surface area is 262 Å². The van der Waals surface area contributed by atoms with E-state index in [0.717, 1.165) is 19.4 Å². The van der Waals surface area contributed by atoms with Gasteiger partial charge in [-0.3, -0.25) is 28.5 Å². The van der Waals surface area contributed by atoms with E-state index in [4.69, 9.17) is 19.6 Å². The van der Waals surface area contributed by atoms with Gasteiger partial charge in [0.2, 0.25) is 0 Å². The molecule has 0 atom stereocenters. The average molecular weight is 672 g/mol. The molecule has 1 aliphatic rings. The minimum atomic E-state index is -4.47. The molecular formula is C28H43N5O10P2. The second-order valence-corrected chi connectivity index (χ2v) is 14.6. The van der Waals surface area contributed by atoms with Crippen LogP contribution < -0.4 is 16.0 Å². The van der Waals surface area contributed by atoms with E-state index in [1.165, 1.54) is 12.1 Å². The lowest BCUT2D eigenvalue weighted by Gasteiger charge is -2.26. The minimum absolute atomic E-state index is 0.0584. The quantitative estimate of drug-likeness (QED) is 0.162. The van der Waals surface area contributed by atoms with Gasteiger partial charge < -0.3 is 45.7 Å². The van der Waals surface area contributed by atoms with Gasteiger partial charge in [0, 0.05) is 37.3 Å². The fourth-order valence-corrected chi connectivity index (χ4v) is 5.86. The van der Waals surface area contributed by atoms with Gasteiger partial charge in [0.1, 0.15) is 24.1 Å². The molecule has 1 heterocycles. The Morgan fingerprint density at radius 3 is 1.58 bits per heavy atom. The molecule has 0 aliphatic carbocycles. The SMILES string of the molecule is Cc1cc(CN2CCCNCCN(Cc3cc(C)cc(C(=O)NCP(=O)(O)O)c3O)CCC2)c(O)c(C(=O)NCP(=O)(O)O)c1. The van der Waals surface area contributed by atoms with E-state index >= 15 is 0 Å². The van der Waals surface area contributed by atoms with Crippen molar-refractivity contribution in [3.63, 3.8) is 0 Å². The summed E-state index contributed by atoms with van der Waals surface area (Å²) >= 11 is 0. The maximum Gasteiger partial charge on any atom is 0.344 e. The minimum Gasteiger partial charge on any atom is -0.507 e. The monoisotopic (exact) mass is 671 g/mol. The summed E-state index contributed by atoms with van der Waals surface area (Å²) in [6.45, 7) is 8.31. The lowest BCUT2D eigenvalue weighted by atomic mass is 10.0. The van der Waals surface area contributed by atoms with E-state index in [-0.39, 0.29) is 22.6 Å². The molecule has 17 heteroatoms. The first-order valence-corrected chi connectivity index (χ1v) is 18.1. The third-order valence-corrected chi connectivity index (χ3v) is 8.36. The Kier molecular flexibility index (Phi) is 13.1. The molecule has 0 radical (unpaired) electrons. The smallest absolute Gasteiger partial charge is 0.344 e. The first kappa shape index (κ1) is 36.6. The zero-order valence-electron chi connectivity index (χ0n) is 25.4. The lowest BCUT2D eigenvalue weighted by molar-refractivity contribution is 0.0946. The summed E-state index contributed by atoms with van der Waals surface area (Å²) < 4.78 is 22.4. The maximum atomic E-state index is 12.6. The highest BCUT2D eigenvalue weighted by molar-refractivity contribution is 7.52. The van der Waals surface area contributed by atoms with Gasteiger partial charge in [0.25, 0.3) is 11.8 Å². The van der Waals surface area contributed by atoms with Crippen molar-refractivity contribution in [2.24, 2.45) is 0 Å². The van der Waals surface area contributed by atoms with E-state index in [1.54, 1.807) is 26.0 Å². The Balaban J connectivity index is 1.71. The van der Waals surface area contributed by atoms with Gasteiger partial charge in [0.15, 0.2) is 0 Å². The standard InChI is InChI=1S/C28H43N5O10P2/c1-19-11-21(25(34)23(13-19)27(36)30-17-44(38,39)40)15-32-7-3-5-29-6-10-33(9-4-8-32)16-22-12-20(2)14-24(26(22)35)28(37)31-18-45(41,42)43/h11-14,29,34-35H,3-10,15-18H2,1-2H3,(H,30,36)(H,31,37)(H2,38,39,40)(H2,41,42,43). The van der Waals surface area contributed by atoms with Crippen LogP contribution in [0.15, 0.2) is 24.3 Å². The van der Waals surface area contributed by atoms with Crippen molar-refractivity contribution in [3.05, 3.63) is 57.6 Å². The summed E-state index contributed by atoms with van der Waals surface area (Å²) in [5.74, 6) is -2.05. The third kappa shape index (κ3) is 12.1. The van der Waals surface area contributed by atoms with Crippen LogP contribution >= 0.6 is 15.2 Å². The topological polar surface area (TPSA) is 232 Å². The van der Waals surface area contributed by atoms with Crippen molar-refractivity contribution in [1.82, 2.24) is 25.8 Å². The van der Waals surface area contributed by atoms with Crippen molar-refractivity contribution in [2.45, 2.75) is 39.8 Å². The van der Waals surface area contributed by atoms with Crippen LogP contribution in [-0.2, 0) is 22.2 Å². The highest BCUT2D eigenvalue weighted by Gasteiger charge is 2.23. The number of phenolic OH excluding ortho intramolecular Hbond substituents is 2. The molecule has 9 N–H and O–H groups in total. The molecule has 3 rings (SSSR count).